The van der Waals surface area contributed by atoms with Crippen molar-refractivity contribution in [2.75, 3.05) is 29.1 Å². The Morgan fingerprint density at radius 1 is 1.19 bits per heavy atom. The van der Waals surface area contributed by atoms with Crippen LogP contribution in [-0.4, -0.2) is 25.2 Å². The fourth-order valence-corrected chi connectivity index (χ4v) is 3.22. The van der Waals surface area contributed by atoms with Crippen molar-refractivity contribution >= 4 is 28.5 Å². The summed E-state index contributed by atoms with van der Waals surface area (Å²) in [6.45, 7) is 1.65. The maximum absolute atomic E-state index is 14.0. The molecule has 3 N–H and O–H groups in total. The number of amides is 1. The van der Waals surface area contributed by atoms with Gasteiger partial charge < -0.3 is 20.7 Å². The summed E-state index contributed by atoms with van der Waals surface area (Å²) < 4.78 is 19.6. The lowest BCUT2D eigenvalue weighted by atomic mass is 10.1. The predicted octanol–water partition coefficient (Wildman–Crippen LogP) is 3.82. The number of carbonyl (C=O) groups excluding carboxylic acids is 1. The molecule has 0 aromatic heterocycles. The standard InChI is InChI=1S/C20H20FN3O2/c21-17-4-1-5-18-19(17)16(20(25)24-18)12-23-14-8-6-13(7-9-14)22-11-15-3-2-10-26-15/h1,4-9,12,15,22-23H,2-3,10-11H2,(H,24,25). The largest absolute Gasteiger partial charge is 0.382 e. The normalized spacial score (nSPS) is 20.1. The summed E-state index contributed by atoms with van der Waals surface area (Å²) in [5.41, 5.74) is 2.92. The molecule has 26 heavy (non-hydrogen) atoms. The molecule has 2 aliphatic heterocycles. The number of hydrogen-bond acceptors (Lipinski definition) is 4. The van der Waals surface area contributed by atoms with Crippen molar-refractivity contribution in [1.29, 1.82) is 0 Å². The number of anilines is 3. The Kier molecular flexibility index (Phi) is 4.58. The summed E-state index contributed by atoms with van der Waals surface area (Å²) in [5.74, 6) is -0.727. The molecular weight excluding hydrogens is 333 g/mol. The van der Waals surface area contributed by atoms with Crippen LogP contribution in [0.2, 0.25) is 0 Å². The second-order valence-electron chi connectivity index (χ2n) is 6.41. The van der Waals surface area contributed by atoms with Crippen LogP contribution in [0, 0.1) is 5.82 Å². The lowest BCUT2D eigenvalue weighted by molar-refractivity contribution is -0.110. The molecule has 0 aliphatic carbocycles. The van der Waals surface area contributed by atoms with Gasteiger partial charge in [-0.3, -0.25) is 4.79 Å². The molecule has 134 valence electrons. The summed E-state index contributed by atoms with van der Waals surface area (Å²) in [6.07, 6.45) is 4.05. The van der Waals surface area contributed by atoms with Gasteiger partial charge >= 0.3 is 0 Å². The molecule has 0 bridgehead atoms. The molecule has 0 saturated carbocycles. The maximum atomic E-state index is 14.0. The quantitative estimate of drug-likeness (QED) is 0.715. The lowest BCUT2D eigenvalue weighted by Crippen LogP contribution is -2.18. The van der Waals surface area contributed by atoms with E-state index in [1.165, 1.54) is 6.07 Å². The molecule has 1 amide bonds. The molecular formula is C20H20FN3O2. The Hall–Kier alpha value is -2.86. The predicted molar refractivity (Wildman–Crippen MR) is 101 cm³/mol. The topological polar surface area (TPSA) is 62.4 Å². The molecule has 1 saturated heterocycles. The average Bonchev–Trinajstić information content (AvgIpc) is 3.27. The number of fused-ring (bicyclic) bond motifs is 1. The van der Waals surface area contributed by atoms with E-state index in [1.807, 2.05) is 24.3 Å². The van der Waals surface area contributed by atoms with Crippen LogP contribution in [0.3, 0.4) is 0 Å². The maximum Gasteiger partial charge on any atom is 0.257 e. The van der Waals surface area contributed by atoms with Crippen molar-refractivity contribution < 1.29 is 13.9 Å². The number of halogens is 1. The van der Waals surface area contributed by atoms with E-state index in [0.29, 0.717) is 16.8 Å². The first-order valence-corrected chi connectivity index (χ1v) is 8.73. The Morgan fingerprint density at radius 2 is 2.00 bits per heavy atom. The van der Waals surface area contributed by atoms with E-state index in [0.717, 1.165) is 37.4 Å². The molecule has 4 rings (SSSR count). The second-order valence-corrected chi connectivity index (χ2v) is 6.41. The van der Waals surface area contributed by atoms with Gasteiger partial charge in [0.25, 0.3) is 5.91 Å². The minimum absolute atomic E-state index is 0.286. The molecule has 5 nitrogen and oxygen atoms in total. The Bertz CT molecular complexity index is 843. The first kappa shape index (κ1) is 16.6. The highest BCUT2D eigenvalue weighted by Crippen LogP contribution is 2.33. The number of carbonyl (C=O) groups is 1. The van der Waals surface area contributed by atoms with Gasteiger partial charge in [-0.2, -0.15) is 0 Å². The van der Waals surface area contributed by atoms with Crippen LogP contribution in [0.15, 0.2) is 48.7 Å². The number of benzene rings is 2. The summed E-state index contributed by atoms with van der Waals surface area (Å²) in [5, 5.41) is 9.09. The highest BCUT2D eigenvalue weighted by Gasteiger charge is 2.27. The molecule has 2 aromatic carbocycles. The highest BCUT2D eigenvalue weighted by atomic mass is 19.1. The summed E-state index contributed by atoms with van der Waals surface area (Å²) in [6, 6.07) is 12.3. The van der Waals surface area contributed by atoms with Crippen LogP contribution in [0.4, 0.5) is 21.5 Å². The van der Waals surface area contributed by atoms with Crippen molar-refractivity contribution in [2.24, 2.45) is 0 Å². The van der Waals surface area contributed by atoms with Crippen molar-refractivity contribution in [3.8, 4) is 0 Å². The van der Waals surface area contributed by atoms with E-state index in [9.17, 15) is 9.18 Å². The van der Waals surface area contributed by atoms with Gasteiger partial charge in [-0.1, -0.05) is 6.07 Å². The zero-order valence-electron chi connectivity index (χ0n) is 14.2. The third-order valence-corrected chi connectivity index (χ3v) is 4.60. The van der Waals surface area contributed by atoms with Crippen LogP contribution >= 0.6 is 0 Å². The van der Waals surface area contributed by atoms with E-state index in [4.69, 9.17) is 4.74 Å². The molecule has 0 spiro atoms. The van der Waals surface area contributed by atoms with Crippen molar-refractivity contribution in [2.45, 2.75) is 18.9 Å². The zero-order valence-corrected chi connectivity index (χ0v) is 14.2. The number of hydrogen-bond donors (Lipinski definition) is 3. The summed E-state index contributed by atoms with van der Waals surface area (Å²) >= 11 is 0. The third-order valence-electron chi connectivity index (χ3n) is 4.60. The van der Waals surface area contributed by atoms with E-state index in [2.05, 4.69) is 16.0 Å². The van der Waals surface area contributed by atoms with Crippen LogP contribution in [-0.2, 0) is 9.53 Å². The van der Waals surface area contributed by atoms with Gasteiger partial charge in [-0.25, -0.2) is 4.39 Å². The molecule has 2 heterocycles. The minimum atomic E-state index is -0.414. The highest BCUT2D eigenvalue weighted by molar-refractivity contribution is 6.31. The Labute approximate surface area is 151 Å². The molecule has 1 unspecified atom stereocenters. The SMILES string of the molecule is O=C1Nc2cccc(F)c2C1=CNc1ccc(NCC2CCCO2)cc1. The molecule has 2 aromatic rings. The zero-order chi connectivity index (χ0) is 17.9. The Morgan fingerprint density at radius 3 is 2.77 bits per heavy atom. The lowest BCUT2D eigenvalue weighted by Gasteiger charge is -2.12. The molecule has 0 radical (unpaired) electrons. The van der Waals surface area contributed by atoms with Crippen molar-refractivity contribution in [3.05, 3.63) is 60.0 Å². The first-order chi connectivity index (χ1) is 12.7. The first-order valence-electron chi connectivity index (χ1n) is 8.73. The van der Waals surface area contributed by atoms with Crippen molar-refractivity contribution in [3.63, 3.8) is 0 Å². The van der Waals surface area contributed by atoms with Crippen molar-refractivity contribution in [1.82, 2.24) is 0 Å². The van der Waals surface area contributed by atoms with Crippen LogP contribution < -0.4 is 16.0 Å². The van der Waals surface area contributed by atoms with Gasteiger partial charge in [0.15, 0.2) is 0 Å². The fourth-order valence-electron chi connectivity index (χ4n) is 3.22. The average molecular weight is 353 g/mol. The number of nitrogens with one attached hydrogen (secondary N) is 3. The van der Waals surface area contributed by atoms with E-state index >= 15 is 0 Å². The fraction of sp³-hybridized carbons (Fsp3) is 0.250. The van der Waals surface area contributed by atoms with E-state index in [1.54, 1.807) is 18.3 Å². The van der Waals surface area contributed by atoms with Gasteiger partial charge in [-0.15, -0.1) is 0 Å². The third kappa shape index (κ3) is 3.41. The molecule has 1 atom stereocenters. The van der Waals surface area contributed by atoms with E-state index in [-0.39, 0.29) is 12.0 Å². The number of ether oxygens (including phenoxy) is 1. The van der Waals surface area contributed by atoms with Gasteiger partial charge in [0.1, 0.15) is 5.82 Å². The van der Waals surface area contributed by atoms with Crippen LogP contribution in [0.5, 0.6) is 0 Å². The molecule has 1 fully saturated rings. The van der Waals surface area contributed by atoms with Gasteiger partial charge in [-0.05, 0) is 49.2 Å². The smallest absolute Gasteiger partial charge is 0.257 e. The van der Waals surface area contributed by atoms with Crippen LogP contribution in [0.1, 0.15) is 18.4 Å². The molecule has 2 aliphatic rings. The summed E-state index contributed by atoms with van der Waals surface area (Å²) in [4.78, 5) is 12.1. The van der Waals surface area contributed by atoms with Gasteiger partial charge in [0, 0.05) is 36.3 Å². The van der Waals surface area contributed by atoms with E-state index < -0.39 is 5.82 Å². The number of rotatable bonds is 5. The monoisotopic (exact) mass is 353 g/mol. The van der Waals surface area contributed by atoms with Gasteiger partial charge in [0.05, 0.1) is 17.4 Å². The molecule has 6 heteroatoms. The van der Waals surface area contributed by atoms with Crippen LogP contribution in [0.25, 0.3) is 5.57 Å². The minimum Gasteiger partial charge on any atom is -0.382 e. The van der Waals surface area contributed by atoms with Gasteiger partial charge in [0.2, 0.25) is 0 Å². The second kappa shape index (κ2) is 7.17. The summed E-state index contributed by atoms with van der Waals surface area (Å²) in [7, 11) is 0. The Balaban J connectivity index is 1.42.